The zero-order valence-corrected chi connectivity index (χ0v) is 14.6. The maximum absolute atomic E-state index is 13.0. The van der Waals surface area contributed by atoms with Crippen LogP contribution in [0, 0.1) is 0 Å². The molecule has 0 aliphatic carbocycles. The number of nitrogens with one attached hydrogen (secondary N) is 3. The summed E-state index contributed by atoms with van der Waals surface area (Å²) in [6.45, 7) is -0.180. The topological polar surface area (TPSA) is 83.4 Å². The maximum Gasteiger partial charge on any atom is 0.351 e. The number of pyridine rings is 2. The predicted molar refractivity (Wildman–Crippen MR) is 99.7 cm³/mol. The summed E-state index contributed by atoms with van der Waals surface area (Å²) in [5.74, 6) is 0.121. The molecule has 1 aromatic carbocycles. The van der Waals surface area contributed by atoms with Gasteiger partial charge >= 0.3 is 11.7 Å². The number of hydrogen-bond acceptors (Lipinski definition) is 2. The Morgan fingerprint density at radius 3 is 2.56 bits per heavy atom. The van der Waals surface area contributed by atoms with Gasteiger partial charge in [-0.05, 0) is 17.7 Å². The Kier molecular flexibility index (Phi) is 4.63. The lowest BCUT2D eigenvalue weighted by molar-refractivity contribution is -0.514. The Morgan fingerprint density at radius 1 is 1.07 bits per heavy atom. The molecule has 0 unspecified atom stereocenters. The summed E-state index contributed by atoms with van der Waals surface area (Å²) in [4.78, 5) is 19.2. The van der Waals surface area contributed by atoms with Gasteiger partial charge in [0.25, 0.3) is 0 Å². The number of benzene rings is 1. The van der Waals surface area contributed by atoms with Gasteiger partial charge in [-0.25, -0.2) is 9.97 Å². The molecule has 0 spiro atoms. The number of carbonyl (C=O) groups is 1. The zero-order chi connectivity index (χ0) is 18.6. The summed E-state index contributed by atoms with van der Waals surface area (Å²) >= 11 is 0. The van der Waals surface area contributed by atoms with Gasteiger partial charge in [-0.2, -0.15) is 4.40 Å². The molecule has 4 rings (SSSR count). The lowest BCUT2D eigenvalue weighted by Gasteiger charge is -2.14. The van der Waals surface area contributed by atoms with E-state index in [1.807, 2.05) is 83.7 Å². The minimum Gasteiger partial charge on any atom is -0.394 e. The van der Waals surface area contributed by atoms with Crippen LogP contribution >= 0.6 is 0 Å². The van der Waals surface area contributed by atoms with E-state index >= 15 is 0 Å². The third-order valence-corrected chi connectivity index (χ3v) is 4.51. The Morgan fingerprint density at radius 2 is 1.81 bits per heavy atom. The Balaban J connectivity index is 1.72. The first-order valence-electron chi connectivity index (χ1n) is 8.73. The van der Waals surface area contributed by atoms with E-state index in [4.69, 9.17) is 0 Å². The first-order chi connectivity index (χ1) is 13.3. The predicted octanol–water partition coefficient (Wildman–Crippen LogP) is 1.70. The van der Waals surface area contributed by atoms with Crippen molar-refractivity contribution in [3.63, 3.8) is 0 Å². The molecule has 0 aliphatic heterocycles. The second-order valence-electron chi connectivity index (χ2n) is 6.21. The van der Waals surface area contributed by atoms with Gasteiger partial charge in [-0.15, -0.1) is 0 Å². The fraction of sp³-hybridized carbons (Fsp3) is 0.0952. The highest BCUT2D eigenvalue weighted by Crippen LogP contribution is 2.21. The van der Waals surface area contributed by atoms with Gasteiger partial charge < -0.3 is 10.4 Å². The molecule has 0 radical (unpaired) electrons. The number of aliphatic hydroxyl groups excluding tert-OH is 1. The molecule has 4 N–H and O–H groups in total. The summed E-state index contributed by atoms with van der Waals surface area (Å²) in [5.41, 5.74) is 3.58. The van der Waals surface area contributed by atoms with Gasteiger partial charge in [0.15, 0.2) is 23.6 Å². The molecule has 6 nitrogen and oxygen atoms in total. The van der Waals surface area contributed by atoms with E-state index in [0.29, 0.717) is 5.82 Å². The van der Waals surface area contributed by atoms with Crippen LogP contribution in [0.2, 0.25) is 0 Å². The number of amides is 1. The minimum atomic E-state index is -0.476. The van der Waals surface area contributed by atoms with Crippen LogP contribution in [0.25, 0.3) is 16.8 Å². The van der Waals surface area contributed by atoms with Crippen LogP contribution in [0.1, 0.15) is 22.2 Å². The Bertz CT molecular complexity index is 1060. The van der Waals surface area contributed by atoms with E-state index in [1.165, 1.54) is 0 Å². The molecule has 134 valence electrons. The molecule has 6 heteroatoms. The SMILES string of the molecule is O=C(N[C@H](CO)c1ccccc1)c1[nH]c(-c2cc[nH+]cc2)c2cccc[n+]12. The van der Waals surface area contributed by atoms with Crippen LogP contribution < -0.4 is 14.7 Å². The van der Waals surface area contributed by atoms with Crippen LogP contribution in [-0.4, -0.2) is 22.6 Å². The molecular formula is C21H20N4O2+2. The average molecular weight is 360 g/mol. The van der Waals surface area contributed by atoms with Gasteiger partial charge in [-0.1, -0.05) is 36.4 Å². The summed E-state index contributed by atoms with van der Waals surface area (Å²) < 4.78 is 1.82. The standard InChI is InChI=1S/C21H18N4O2/c26-14-17(15-6-2-1-3-7-15)23-21(27)20-24-19(16-9-11-22-12-10-16)18-8-4-5-13-25(18)20/h1-13,17,26H,14H2,(H,23,27)/p+2/t17-/m1/s1. The van der Waals surface area contributed by atoms with Crippen molar-refractivity contribution in [3.05, 3.63) is 90.6 Å². The highest BCUT2D eigenvalue weighted by molar-refractivity contribution is 5.91. The molecular weight excluding hydrogens is 340 g/mol. The summed E-state index contributed by atoms with van der Waals surface area (Å²) in [5, 5.41) is 12.6. The number of aliphatic hydroxyl groups is 1. The van der Waals surface area contributed by atoms with Gasteiger partial charge in [0.2, 0.25) is 0 Å². The third kappa shape index (κ3) is 3.30. The van der Waals surface area contributed by atoms with Crippen molar-refractivity contribution in [1.82, 2.24) is 10.3 Å². The van der Waals surface area contributed by atoms with Crippen molar-refractivity contribution in [3.8, 4) is 11.3 Å². The van der Waals surface area contributed by atoms with Crippen LogP contribution in [-0.2, 0) is 0 Å². The number of carbonyl (C=O) groups excluding carboxylic acids is 1. The number of nitrogens with zero attached hydrogens (tertiary/aromatic N) is 1. The van der Waals surface area contributed by atoms with Crippen LogP contribution in [0.4, 0.5) is 0 Å². The Labute approximate surface area is 156 Å². The van der Waals surface area contributed by atoms with Gasteiger partial charge in [0.1, 0.15) is 0 Å². The first kappa shape index (κ1) is 16.9. The van der Waals surface area contributed by atoms with Crippen molar-refractivity contribution in [2.75, 3.05) is 6.61 Å². The van der Waals surface area contributed by atoms with Crippen molar-refractivity contribution in [2.45, 2.75) is 6.04 Å². The molecule has 1 amide bonds. The van der Waals surface area contributed by atoms with Crippen molar-refractivity contribution in [1.29, 1.82) is 0 Å². The lowest BCUT2D eigenvalue weighted by Crippen LogP contribution is -2.38. The van der Waals surface area contributed by atoms with Gasteiger partial charge in [-0.3, -0.25) is 4.79 Å². The minimum absolute atomic E-state index is 0.180. The number of fused-ring (bicyclic) bond motifs is 1. The summed E-state index contributed by atoms with van der Waals surface area (Å²) in [7, 11) is 0. The molecule has 0 fully saturated rings. The van der Waals surface area contributed by atoms with Crippen molar-refractivity contribution < 1.29 is 19.3 Å². The molecule has 27 heavy (non-hydrogen) atoms. The summed E-state index contributed by atoms with van der Waals surface area (Å²) in [6, 6.07) is 18.6. The van der Waals surface area contributed by atoms with E-state index in [2.05, 4.69) is 15.3 Å². The van der Waals surface area contributed by atoms with Crippen LogP contribution in [0.15, 0.2) is 79.3 Å². The second-order valence-corrected chi connectivity index (χ2v) is 6.21. The molecule has 3 aromatic heterocycles. The van der Waals surface area contributed by atoms with Crippen molar-refractivity contribution >= 4 is 11.4 Å². The third-order valence-electron chi connectivity index (χ3n) is 4.51. The second kappa shape index (κ2) is 7.39. The zero-order valence-electron chi connectivity index (χ0n) is 14.6. The number of H-pyrrole nitrogens is 2. The van der Waals surface area contributed by atoms with Crippen LogP contribution in [0.5, 0.6) is 0 Å². The largest absolute Gasteiger partial charge is 0.394 e. The lowest BCUT2D eigenvalue weighted by atomic mass is 10.1. The first-order valence-corrected chi connectivity index (χ1v) is 8.73. The van der Waals surface area contributed by atoms with Gasteiger partial charge in [0, 0.05) is 17.7 Å². The highest BCUT2D eigenvalue weighted by atomic mass is 16.3. The van der Waals surface area contributed by atoms with Crippen molar-refractivity contribution in [2.24, 2.45) is 0 Å². The van der Waals surface area contributed by atoms with Crippen LogP contribution in [0.3, 0.4) is 0 Å². The number of aromatic amines is 2. The van der Waals surface area contributed by atoms with E-state index < -0.39 is 6.04 Å². The normalized spacial score (nSPS) is 12.0. The monoisotopic (exact) mass is 360 g/mol. The fourth-order valence-corrected chi connectivity index (χ4v) is 3.17. The molecule has 0 saturated carbocycles. The molecule has 0 saturated heterocycles. The maximum atomic E-state index is 13.0. The highest BCUT2D eigenvalue weighted by Gasteiger charge is 2.27. The molecule has 3 heterocycles. The number of rotatable bonds is 5. The molecule has 0 bridgehead atoms. The number of imidazole rings is 1. The van der Waals surface area contributed by atoms with E-state index in [0.717, 1.165) is 22.3 Å². The molecule has 1 atom stereocenters. The van der Waals surface area contributed by atoms with E-state index in [9.17, 15) is 9.90 Å². The quantitative estimate of drug-likeness (QED) is 0.473. The van der Waals surface area contributed by atoms with Gasteiger partial charge in [0.05, 0.1) is 18.8 Å². The molecule has 0 aliphatic rings. The fourth-order valence-electron chi connectivity index (χ4n) is 3.17. The number of aromatic nitrogens is 3. The molecule has 4 aromatic rings. The average Bonchev–Trinajstić information content (AvgIpc) is 3.13. The summed E-state index contributed by atoms with van der Waals surface area (Å²) in [6.07, 6.45) is 5.52. The number of hydrogen-bond donors (Lipinski definition) is 3. The smallest absolute Gasteiger partial charge is 0.351 e. The Hall–Kier alpha value is -3.51. The van der Waals surface area contributed by atoms with E-state index in [1.54, 1.807) is 0 Å². The van der Waals surface area contributed by atoms with E-state index in [-0.39, 0.29) is 12.5 Å².